The summed E-state index contributed by atoms with van der Waals surface area (Å²) in [7, 11) is 0. The number of esters is 1. The van der Waals surface area contributed by atoms with E-state index in [2.05, 4.69) is 10.3 Å². The predicted molar refractivity (Wildman–Crippen MR) is 79.3 cm³/mol. The summed E-state index contributed by atoms with van der Waals surface area (Å²) in [6.07, 6.45) is 3.30. The lowest BCUT2D eigenvalue weighted by Gasteiger charge is -2.14. The van der Waals surface area contributed by atoms with Crippen molar-refractivity contribution < 1.29 is 19.1 Å². The van der Waals surface area contributed by atoms with Gasteiger partial charge in [-0.15, -0.1) is 11.8 Å². The molecule has 0 aliphatic heterocycles. The van der Waals surface area contributed by atoms with Gasteiger partial charge in [0.15, 0.2) is 11.8 Å². The molecular weight excluding hydrogens is 292 g/mol. The van der Waals surface area contributed by atoms with Crippen LogP contribution in [0, 0.1) is 6.92 Å². The third-order valence-corrected chi connectivity index (χ3v) is 3.50. The molecule has 0 aromatic carbocycles. The minimum absolute atomic E-state index is 0.140. The Morgan fingerprint density at radius 3 is 2.57 bits per heavy atom. The first-order valence-corrected chi connectivity index (χ1v) is 7.61. The van der Waals surface area contributed by atoms with Crippen LogP contribution in [-0.4, -0.2) is 41.5 Å². The van der Waals surface area contributed by atoms with E-state index in [0.29, 0.717) is 5.56 Å². The molecule has 0 bridgehead atoms. The van der Waals surface area contributed by atoms with Crippen LogP contribution >= 0.6 is 11.8 Å². The molecule has 1 rings (SSSR count). The zero-order valence-electron chi connectivity index (χ0n) is 12.4. The number of hydrogen-bond donors (Lipinski definition) is 1. The number of ether oxygens (including phenoxy) is 1. The fourth-order valence-corrected chi connectivity index (χ4v) is 2.21. The number of aromatic nitrogens is 1. The van der Waals surface area contributed by atoms with Crippen LogP contribution in [0.25, 0.3) is 0 Å². The minimum Gasteiger partial charge on any atom is -0.464 e. The number of carbonyl (C=O) groups excluding carboxylic acids is 3. The van der Waals surface area contributed by atoms with Gasteiger partial charge in [0.25, 0.3) is 5.91 Å². The third kappa shape index (κ3) is 4.56. The molecule has 0 aliphatic carbocycles. The smallest absolute Gasteiger partial charge is 0.336 e. The number of rotatable bonds is 6. The lowest BCUT2D eigenvalue weighted by molar-refractivity contribution is -0.148. The van der Waals surface area contributed by atoms with Gasteiger partial charge in [-0.2, -0.15) is 0 Å². The summed E-state index contributed by atoms with van der Waals surface area (Å²) < 4.78 is 4.77. The van der Waals surface area contributed by atoms with Crippen molar-refractivity contribution in [1.29, 1.82) is 0 Å². The van der Waals surface area contributed by atoms with Gasteiger partial charge in [-0.05, 0) is 38.7 Å². The van der Waals surface area contributed by atoms with Crippen LogP contribution in [0.1, 0.15) is 29.8 Å². The first-order chi connectivity index (χ1) is 9.90. The summed E-state index contributed by atoms with van der Waals surface area (Å²) in [4.78, 5) is 39.4. The number of nitrogens with zero attached hydrogens (tertiary/aromatic N) is 1. The van der Waals surface area contributed by atoms with Gasteiger partial charge in [0.2, 0.25) is 0 Å². The van der Waals surface area contributed by atoms with Crippen molar-refractivity contribution in [3.8, 4) is 0 Å². The van der Waals surface area contributed by atoms with Crippen molar-refractivity contribution in [3.63, 3.8) is 0 Å². The van der Waals surface area contributed by atoms with Gasteiger partial charge in [-0.1, -0.05) is 0 Å². The SMILES string of the molecule is CCOC(=O)C(NC(=O)c1cnc(SC)c(C)c1)C(C)=O. The van der Waals surface area contributed by atoms with Gasteiger partial charge in [-0.25, -0.2) is 9.78 Å². The largest absolute Gasteiger partial charge is 0.464 e. The predicted octanol–water partition coefficient (Wildman–Crippen LogP) is 1.36. The Morgan fingerprint density at radius 2 is 2.10 bits per heavy atom. The molecule has 1 aromatic heterocycles. The standard InChI is InChI=1S/C14H18N2O4S/c1-5-20-14(19)11(9(3)17)16-12(18)10-6-8(2)13(21-4)15-7-10/h6-7,11H,5H2,1-4H3,(H,16,18). The van der Waals surface area contributed by atoms with Crippen molar-refractivity contribution in [2.75, 3.05) is 12.9 Å². The van der Waals surface area contributed by atoms with Crippen molar-refractivity contribution >= 4 is 29.4 Å². The second-order valence-electron chi connectivity index (χ2n) is 4.32. The van der Waals surface area contributed by atoms with Gasteiger partial charge in [0, 0.05) is 6.20 Å². The Bertz CT molecular complexity index is 560. The Morgan fingerprint density at radius 1 is 1.43 bits per heavy atom. The van der Waals surface area contributed by atoms with Gasteiger partial charge < -0.3 is 10.1 Å². The van der Waals surface area contributed by atoms with Crippen molar-refractivity contribution in [1.82, 2.24) is 10.3 Å². The van der Waals surface area contributed by atoms with E-state index >= 15 is 0 Å². The molecule has 0 fully saturated rings. The van der Waals surface area contributed by atoms with E-state index < -0.39 is 23.7 Å². The van der Waals surface area contributed by atoms with Crippen molar-refractivity contribution in [3.05, 3.63) is 23.4 Å². The summed E-state index contributed by atoms with van der Waals surface area (Å²) in [6.45, 7) is 4.83. The van der Waals surface area contributed by atoms with E-state index in [1.165, 1.54) is 24.9 Å². The quantitative estimate of drug-likeness (QED) is 0.485. The Hall–Kier alpha value is -1.89. The Kier molecular flexibility index (Phi) is 6.36. The summed E-state index contributed by atoms with van der Waals surface area (Å²) in [5.41, 5.74) is 1.14. The summed E-state index contributed by atoms with van der Waals surface area (Å²) >= 11 is 1.48. The average molecular weight is 310 g/mol. The summed E-state index contributed by atoms with van der Waals surface area (Å²) in [6, 6.07) is 0.370. The highest BCUT2D eigenvalue weighted by molar-refractivity contribution is 7.98. The van der Waals surface area contributed by atoms with Gasteiger partial charge in [0.05, 0.1) is 17.2 Å². The fraction of sp³-hybridized carbons (Fsp3) is 0.429. The second-order valence-corrected chi connectivity index (χ2v) is 5.11. The van der Waals surface area contributed by atoms with E-state index in [4.69, 9.17) is 4.74 Å². The first-order valence-electron chi connectivity index (χ1n) is 6.39. The molecule has 0 radical (unpaired) electrons. The van der Waals surface area contributed by atoms with Crippen LogP contribution in [0.15, 0.2) is 17.3 Å². The maximum atomic E-state index is 12.1. The molecule has 6 nitrogen and oxygen atoms in total. The van der Waals surface area contributed by atoms with Crippen LogP contribution in [0.5, 0.6) is 0 Å². The van der Waals surface area contributed by atoms with Gasteiger partial charge in [0.1, 0.15) is 0 Å². The van der Waals surface area contributed by atoms with E-state index in [0.717, 1.165) is 10.6 Å². The topological polar surface area (TPSA) is 85.4 Å². The molecule has 7 heteroatoms. The lowest BCUT2D eigenvalue weighted by atomic mass is 10.1. The Labute approximate surface area is 127 Å². The van der Waals surface area contributed by atoms with E-state index in [1.807, 2.05) is 13.2 Å². The van der Waals surface area contributed by atoms with E-state index in [1.54, 1.807) is 13.0 Å². The van der Waals surface area contributed by atoms with Crippen LogP contribution in [0.4, 0.5) is 0 Å². The number of Topliss-reactive ketones (excluding diaryl/α,β-unsaturated/α-hetero) is 1. The summed E-state index contributed by atoms with van der Waals surface area (Å²) in [5, 5.41) is 3.19. The van der Waals surface area contributed by atoms with Gasteiger partial charge in [-0.3, -0.25) is 9.59 Å². The number of pyridine rings is 1. The molecule has 1 heterocycles. The number of amides is 1. The number of carbonyl (C=O) groups is 3. The van der Waals surface area contributed by atoms with Crippen LogP contribution in [0.3, 0.4) is 0 Å². The molecule has 21 heavy (non-hydrogen) atoms. The zero-order chi connectivity index (χ0) is 16.0. The molecule has 0 aliphatic rings. The minimum atomic E-state index is -1.29. The highest BCUT2D eigenvalue weighted by atomic mass is 32.2. The fourth-order valence-electron chi connectivity index (χ4n) is 1.67. The number of hydrogen-bond acceptors (Lipinski definition) is 6. The molecule has 0 saturated carbocycles. The monoisotopic (exact) mass is 310 g/mol. The van der Waals surface area contributed by atoms with E-state index in [-0.39, 0.29) is 6.61 Å². The Balaban J connectivity index is 2.89. The molecule has 1 aromatic rings. The van der Waals surface area contributed by atoms with Crippen LogP contribution < -0.4 is 5.32 Å². The van der Waals surface area contributed by atoms with Crippen LogP contribution in [0.2, 0.25) is 0 Å². The van der Waals surface area contributed by atoms with E-state index in [9.17, 15) is 14.4 Å². The van der Waals surface area contributed by atoms with Crippen molar-refractivity contribution in [2.24, 2.45) is 0 Å². The number of nitrogens with one attached hydrogen (secondary N) is 1. The average Bonchev–Trinajstić information content (AvgIpc) is 2.44. The molecule has 1 N–H and O–H groups in total. The zero-order valence-corrected chi connectivity index (χ0v) is 13.2. The molecule has 114 valence electrons. The number of thioether (sulfide) groups is 1. The third-order valence-electron chi connectivity index (χ3n) is 2.69. The second kappa shape index (κ2) is 7.78. The lowest BCUT2D eigenvalue weighted by Crippen LogP contribution is -2.46. The molecule has 1 atom stereocenters. The van der Waals surface area contributed by atoms with Crippen LogP contribution in [-0.2, 0) is 14.3 Å². The molecular formula is C14H18N2O4S. The number of ketones is 1. The molecule has 1 unspecified atom stereocenters. The summed E-state index contributed by atoms with van der Waals surface area (Å²) in [5.74, 6) is -1.78. The molecule has 0 spiro atoms. The maximum Gasteiger partial charge on any atom is 0.336 e. The van der Waals surface area contributed by atoms with Crippen molar-refractivity contribution in [2.45, 2.75) is 31.8 Å². The molecule has 0 saturated heterocycles. The maximum absolute atomic E-state index is 12.1. The molecule has 1 amide bonds. The normalized spacial score (nSPS) is 11.6. The highest BCUT2D eigenvalue weighted by Crippen LogP contribution is 2.17. The number of aryl methyl sites for hydroxylation is 1. The first kappa shape index (κ1) is 17.2. The highest BCUT2D eigenvalue weighted by Gasteiger charge is 2.27. The van der Waals surface area contributed by atoms with Gasteiger partial charge >= 0.3 is 5.97 Å².